The zero-order chi connectivity index (χ0) is 30.0. The van der Waals surface area contributed by atoms with Crippen molar-refractivity contribution in [3.05, 3.63) is 84.9 Å². The molecule has 222 valence electrons. The number of urea groups is 1. The van der Waals surface area contributed by atoms with Crippen molar-refractivity contribution < 1.29 is 14.3 Å². The Morgan fingerprint density at radius 1 is 0.932 bits per heavy atom. The van der Waals surface area contributed by atoms with Crippen molar-refractivity contribution in [1.82, 2.24) is 34.9 Å². The van der Waals surface area contributed by atoms with Crippen molar-refractivity contribution in [1.29, 1.82) is 0 Å². The minimum absolute atomic E-state index is 0.133. The largest absolute Gasteiger partial charge is 0.457 e. The van der Waals surface area contributed by atoms with Gasteiger partial charge in [-0.3, -0.25) is 24.9 Å². The average Bonchev–Trinajstić information content (AvgIpc) is 3.44. The van der Waals surface area contributed by atoms with Crippen molar-refractivity contribution in [2.45, 2.75) is 31.8 Å². The topological polar surface area (TPSA) is 144 Å². The van der Waals surface area contributed by atoms with E-state index in [-0.39, 0.29) is 18.4 Å². The van der Waals surface area contributed by atoms with Crippen LogP contribution in [0, 0.1) is 0 Å². The number of ether oxygens (including phenoxy) is 1. The second kappa shape index (κ2) is 11.7. The Labute approximate surface area is 253 Å². The van der Waals surface area contributed by atoms with Crippen LogP contribution in [0.4, 0.5) is 16.3 Å². The summed E-state index contributed by atoms with van der Waals surface area (Å²) in [6, 6.07) is 19.1. The lowest BCUT2D eigenvalue weighted by atomic mass is 10.0. The Kier molecular flexibility index (Phi) is 7.32. The molecule has 0 aliphatic carbocycles. The van der Waals surface area contributed by atoms with Crippen LogP contribution in [0.3, 0.4) is 0 Å². The number of nitrogens with one attached hydrogen (secondary N) is 1. The molecule has 0 spiro atoms. The minimum atomic E-state index is -0.407. The van der Waals surface area contributed by atoms with Crippen LogP contribution in [0.1, 0.15) is 30.9 Å². The normalized spacial score (nSPS) is 16.3. The van der Waals surface area contributed by atoms with Crippen LogP contribution in [-0.2, 0) is 11.3 Å². The molecule has 5 aromatic rings. The van der Waals surface area contributed by atoms with Gasteiger partial charge in [-0.15, -0.1) is 0 Å². The van der Waals surface area contributed by atoms with Gasteiger partial charge in [0.05, 0.1) is 23.3 Å². The molecule has 44 heavy (non-hydrogen) atoms. The molecule has 5 heterocycles. The highest BCUT2D eigenvalue weighted by Gasteiger charge is 2.29. The van der Waals surface area contributed by atoms with Crippen molar-refractivity contribution >= 4 is 34.5 Å². The first-order chi connectivity index (χ1) is 21.5. The fourth-order valence-corrected chi connectivity index (χ4v) is 5.91. The molecular formula is C32H31N9O3. The van der Waals surface area contributed by atoms with Crippen molar-refractivity contribution in [3.63, 3.8) is 0 Å². The summed E-state index contributed by atoms with van der Waals surface area (Å²) in [6.07, 6.45) is 6.91. The molecule has 2 fully saturated rings. The second-order valence-electron chi connectivity index (χ2n) is 11.0. The van der Waals surface area contributed by atoms with E-state index in [1.54, 1.807) is 17.3 Å². The third-order valence-electron chi connectivity index (χ3n) is 8.15. The number of carbonyl (C=O) groups is 2. The van der Waals surface area contributed by atoms with Gasteiger partial charge in [-0.1, -0.05) is 18.2 Å². The molecular weight excluding hydrogens is 558 g/mol. The molecule has 0 radical (unpaired) electrons. The molecule has 0 unspecified atom stereocenters. The predicted molar refractivity (Wildman–Crippen MR) is 165 cm³/mol. The number of nitrogen functional groups attached to an aromatic ring is 1. The average molecular weight is 590 g/mol. The summed E-state index contributed by atoms with van der Waals surface area (Å²) in [5.41, 5.74) is 10.5. The standard InChI is InChI=1S/C32H31N9O3/c33-30-28-29(21-6-8-25(9-7-21)44-24-4-2-1-3-5-24)38-41(31(28)36-20-35-30)23-11-15-39(16-12-23)19-22-10-14-34-18-26(22)40-17-13-27(42)37-32(40)43/h1-10,14,18,20,23H,11-13,15-17,19H2,(H2,33,35,36)(H,37,42,43). The van der Waals surface area contributed by atoms with Crippen LogP contribution in [-0.4, -0.2) is 61.2 Å². The van der Waals surface area contributed by atoms with Gasteiger partial charge >= 0.3 is 6.03 Å². The Morgan fingerprint density at radius 2 is 1.70 bits per heavy atom. The maximum Gasteiger partial charge on any atom is 0.328 e. The van der Waals surface area contributed by atoms with Crippen molar-refractivity contribution in [2.24, 2.45) is 0 Å². The number of benzene rings is 2. The van der Waals surface area contributed by atoms with E-state index in [2.05, 4.69) is 25.2 Å². The number of hydrogen-bond donors (Lipinski definition) is 2. The van der Waals surface area contributed by atoms with Crippen LogP contribution in [0.5, 0.6) is 11.5 Å². The number of para-hydroxylation sites is 1. The van der Waals surface area contributed by atoms with Gasteiger partial charge in [0.2, 0.25) is 5.91 Å². The number of likely N-dealkylation sites (tertiary alicyclic amines) is 1. The summed E-state index contributed by atoms with van der Waals surface area (Å²) in [4.78, 5) is 41.2. The molecule has 7 rings (SSSR count). The molecule has 0 atom stereocenters. The highest BCUT2D eigenvalue weighted by Crippen LogP contribution is 2.35. The zero-order valence-corrected chi connectivity index (χ0v) is 24.0. The van der Waals surface area contributed by atoms with Gasteiger partial charge < -0.3 is 10.5 Å². The highest BCUT2D eigenvalue weighted by molar-refractivity contribution is 6.05. The SMILES string of the molecule is Nc1ncnc2c1c(-c1ccc(Oc3ccccc3)cc1)nn2C1CCN(Cc2ccncc2N2CCC(=O)NC2=O)CC1. The molecule has 2 aliphatic rings. The minimum Gasteiger partial charge on any atom is -0.457 e. The van der Waals surface area contributed by atoms with Crippen LogP contribution < -0.4 is 20.7 Å². The predicted octanol–water partition coefficient (Wildman–Crippen LogP) is 4.55. The molecule has 3 N–H and O–H groups in total. The third kappa shape index (κ3) is 5.42. The molecule has 12 heteroatoms. The number of rotatable bonds is 7. The summed E-state index contributed by atoms with van der Waals surface area (Å²) in [6.45, 7) is 2.67. The molecule has 3 amide bonds. The van der Waals surface area contributed by atoms with Gasteiger partial charge in [-0.2, -0.15) is 5.10 Å². The number of carbonyl (C=O) groups excluding carboxylic acids is 2. The Balaban J connectivity index is 1.08. The quantitative estimate of drug-likeness (QED) is 0.279. The Hall–Kier alpha value is -5.36. The summed E-state index contributed by atoms with van der Waals surface area (Å²) >= 11 is 0. The maximum atomic E-state index is 12.5. The summed E-state index contributed by atoms with van der Waals surface area (Å²) in [5.74, 6) is 1.64. The first-order valence-electron chi connectivity index (χ1n) is 14.6. The third-order valence-corrected chi connectivity index (χ3v) is 8.15. The highest BCUT2D eigenvalue weighted by atomic mass is 16.5. The van der Waals surface area contributed by atoms with Crippen molar-refractivity contribution in [3.8, 4) is 22.8 Å². The Bertz CT molecular complexity index is 1820. The molecule has 2 aromatic carbocycles. The molecule has 0 bridgehead atoms. The van der Waals surface area contributed by atoms with E-state index >= 15 is 0 Å². The number of amides is 3. The fourth-order valence-electron chi connectivity index (χ4n) is 5.91. The number of fused-ring (bicyclic) bond motifs is 1. The lowest BCUT2D eigenvalue weighted by molar-refractivity contribution is -0.120. The van der Waals surface area contributed by atoms with Crippen molar-refractivity contribution in [2.75, 3.05) is 30.3 Å². The van der Waals surface area contributed by atoms with Crippen LogP contribution >= 0.6 is 0 Å². The second-order valence-corrected chi connectivity index (χ2v) is 11.0. The Morgan fingerprint density at radius 3 is 2.48 bits per heavy atom. The van der Waals surface area contributed by atoms with E-state index < -0.39 is 6.03 Å². The monoisotopic (exact) mass is 589 g/mol. The first-order valence-corrected chi connectivity index (χ1v) is 14.6. The van der Waals surface area contributed by atoms with Crippen LogP contribution in [0.15, 0.2) is 79.4 Å². The molecule has 2 aliphatic heterocycles. The number of nitrogens with zero attached hydrogens (tertiary/aromatic N) is 7. The molecule has 2 saturated heterocycles. The van der Waals surface area contributed by atoms with Gasteiger partial charge in [-0.05, 0) is 60.9 Å². The first kappa shape index (κ1) is 27.5. The number of piperidine rings is 1. The summed E-state index contributed by atoms with van der Waals surface area (Å²) in [7, 11) is 0. The maximum absolute atomic E-state index is 12.5. The lowest BCUT2D eigenvalue weighted by Gasteiger charge is -2.34. The van der Waals surface area contributed by atoms with E-state index in [1.165, 1.54) is 6.33 Å². The molecule has 3 aromatic heterocycles. The van der Waals surface area contributed by atoms with Gasteiger partial charge in [0.25, 0.3) is 0 Å². The number of pyridine rings is 1. The van der Waals surface area contributed by atoms with E-state index in [1.807, 2.05) is 65.3 Å². The number of anilines is 2. The molecule has 0 saturated carbocycles. The summed E-state index contributed by atoms with van der Waals surface area (Å²) in [5, 5.41) is 8.19. The lowest BCUT2D eigenvalue weighted by Crippen LogP contribution is -2.50. The van der Waals surface area contributed by atoms with E-state index in [0.717, 1.165) is 71.0 Å². The number of nitrogens with two attached hydrogens (primary N) is 1. The summed E-state index contributed by atoms with van der Waals surface area (Å²) < 4.78 is 7.97. The van der Waals surface area contributed by atoms with Crippen LogP contribution in [0.25, 0.3) is 22.3 Å². The van der Waals surface area contributed by atoms with Crippen LogP contribution in [0.2, 0.25) is 0 Å². The van der Waals surface area contributed by atoms with Gasteiger partial charge in [0.1, 0.15) is 29.3 Å². The zero-order valence-electron chi connectivity index (χ0n) is 24.0. The van der Waals surface area contributed by atoms with E-state index in [9.17, 15) is 9.59 Å². The number of aromatic nitrogens is 5. The van der Waals surface area contributed by atoms with Gasteiger partial charge in [0, 0.05) is 44.4 Å². The smallest absolute Gasteiger partial charge is 0.328 e. The number of hydrogen-bond acceptors (Lipinski definition) is 9. The van der Waals surface area contributed by atoms with Gasteiger partial charge in [0.15, 0.2) is 5.65 Å². The number of imide groups is 1. The molecule has 12 nitrogen and oxygen atoms in total. The van der Waals surface area contributed by atoms with E-state index in [4.69, 9.17) is 15.6 Å². The fraction of sp³-hybridized carbons (Fsp3) is 0.250. The van der Waals surface area contributed by atoms with E-state index in [0.29, 0.717) is 18.9 Å². The van der Waals surface area contributed by atoms with Gasteiger partial charge in [-0.25, -0.2) is 19.4 Å².